The molecule has 2 heterocycles. The van der Waals surface area contributed by atoms with E-state index in [1.165, 1.54) is 13.1 Å². The molecule has 0 saturated carbocycles. The van der Waals surface area contributed by atoms with E-state index in [2.05, 4.69) is 10.0 Å². The van der Waals surface area contributed by atoms with Gasteiger partial charge in [0, 0.05) is 11.6 Å². The molecule has 0 saturated heterocycles. The molecule has 0 bridgehead atoms. The molecule has 0 aromatic carbocycles. The van der Waals surface area contributed by atoms with Crippen molar-refractivity contribution in [2.45, 2.75) is 38.8 Å². The van der Waals surface area contributed by atoms with E-state index in [0.717, 1.165) is 17.1 Å². The standard InChI is InChI=1S/C15H20N2O5S/c1-8-6-12(10(3)21-8)9(2)17-15(18)13-7-14(22-11(13)4)23(19,20)16-5/h6-7,9,16H,1-5H3,(H,17,18). The topological polar surface area (TPSA) is 102 Å². The first-order valence-electron chi connectivity index (χ1n) is 7.07. The molecule has 126 valence electrons. The SMILES string of the molecule is CNS(=O)(=O)c1cc(C(=O)NC(C)c2cc(C)oc2C)c(C)o1. The summed E-state index contributed by atoms with van der Waals surface area (Å²) < 4.78 is 36.2. The van der Waals surface area contributed by atoms with Gasteiger partial charge in [-0.05, 0) is 40.8 Å². The number of hydrogen-bond acceptors (Lipinski definition) is 5. The lowest BCUT2D eigenvalue weighted by atomic mass is 10.1. The van der Waals surface area contributed by atoms with Crippen molar-refractivity contribution < 1.29 is 22.0 Å². The summed E-state index contributed by atoms with van der Waals surface area (Å²) in [5.74, 6) is 1.33. The molecule has 8 heteroatoms. The van der Waals surface area contributed by atoms with Crippen molar-refractivity contribution in [2.75, 3.05) is 7.05 Å². The number of amides is 1. The molecule has 0 fully saturated rings. The minimum Gasteiger partial charge on any atom is -0.466 e. The Morgan fingerprint density at radius 1 is 1.13 bits per heavy atom. The Morgan fingerprint density at radius 2 is 1.78 bits per heavy atom. The Labute approximate surface area is 135 Å². The first-order chi connectivity index (χ1) is 10.7. The lowest BCUT2D eigenvalue weighted by Gasteiger charge is -2.12. The summed E-state index contributed by atoms with van der Waals surface area (Å²) in [5, 5.41) is 2.53. The van der Waals surface area contributed by atoms with Crippen LogP contribution in [0, 0.1) is 20.8 Å². The fourth-order valence-corrected chi connectivity index (χ4v) is 3.05. The first kappa shape index (κ1) is 17.3. The molecular weight excluding hydrogens is 320 g/mol. The number of aryl methyl sites for hydroxylation is 3. The van der Waals surface area contributed by atoms with Gasteiger partial charge in [0.1, 0.15) is 17.3 Å². The summed E-state index contributed by atoms with van der Waals surface area (Å²) in [6.45, 7) is 7.03. The molecule has 2 N–H and O–H groups in total. The van der Waals surface area contributed by atoms with E-state index in [1.807, 2.05) is 26.8 Å². The molecule has 1 atom stereocenters. The van der Waals surface area contributed by atoms with E-state index in [0.29, 0.717) is 0 Å². The number of carbonyl (C=O) groups excluding carboxylic acids is 1. The third-order valence-electron chi connectivity index (χ3n) is 3.57. The number of carbonyl (C=O) groups is 1. The second-order valence-corrected chi connectivity index (χ2v) is 7.12. The highest BCUT2D eigenvalue weighted by Gasteiger charge is 2.24. The van der Waals surface area contributed by atoms with E-state index in [1.54, 1.807) is 6.92 Å². The average Bonchev–Trinajstić information content (AvgIpc) is 3.01. The normalized spacial score (nSPS) is 13.1. The quantitative estimate of drug-likeness (QED) is 0.869. The van der Waals surface area contributed by atoms with Crippen LogP contribution in [-0.4, -0.2) is 21.4 Å². The zero-order valence-electron chi connectivity index (χ0n) is 13.7. The molecule has 2 aromatic heterocycles. The van der Waals surface area contributed by atoms with Crippen LogP contribution in [0.15, 0.2) is 26.1 Å². The zero-order valence-corrected chi connectivity index (χ0v) is 14.5. The maximum absolute atomic E-state index is 12.4. The summed E-state index contributed by atoms with van der Waals surface area (Å²) >= 11 is 0. The lowest BCUT2D eigenvalue weighted by molar-refractivity contribution is 0.0938. The van der Waals surface area contributed by atoms with Crippen LogP contribution in [0.1, 0.15) is 46.2 Å². The van der Waals surface area contributed by atoms with Crippen LogP contribution in [-0.2, 0) is 10.0 Å². The van der Waals surface area contributed by atoms with Gasteiger partial charge < -0.3 is 14.2 Å². The minimum atomic E-state index is -3.73. The molecule has 23 heavy (non-hydrogen) atoms. The molecule has 1 unspecified atom stereocenters. The Morgan fingerprint density at radius 3 is 2.30 bits per heavy atom. The Kier molecular flexibility index (Phi) is 4.67. The van der Waals surface area contributed by atoms with Crippen molar-refractivity contribution in [2.24, 2.45) is 0 Å². The number of furan rings is 2. The molecule has 0 aliphatic rings. The van der Waals surface area contributed by atoms with Crippen molar-refractivity contribution in [1.82, 2.24) is 10.0 Å². The molecule has 2 aromatic rings. The second-order valence-electron chi connectivity index (χ2n) is 5.31. The highest BCUT2D eigenvalue weighted by molar-refractivity contribution is 7.89. The van der Waals surface area contributed by atoms with Gasteiger partial charge in [0.2, 0.25) is 5.09 Å². The number of sulfonamides is 1. The third kappa shape index (κ3) is 3.48. The molecule has 0 spiro atoms. The van der Waals surface area contributed by atoms with Crippen LogP contribution < -0.4 is 10.0 Å². The van der Waals surface area contributed by atoms with E-state index in [4.69, 9.17) is 8.83 Å². The summed E-state index contributed by atoms with van der Waals surface area (Å²) in [6.07, 6.45) is 0. The Bertz CT molecular complexity index is 832. The maximum Gasteiger partial charge on any atom is 0.273 e. The van der Waals surface area contributed by atoms with Gasteiger partial charge in [-0.1, -0.05) is 0 Å². The summed E-state index contributed by atoms with van der Waals surface area (Å²) in [5.41, 5.74) is 1.06. The first-order valence-corrected chi connectivity index (χ1v) is 8.55. The van der Waals surface area contributed by atoms with Crippen LogP contribution in [0.4, 0.5) is 0 Å². The number of hydrogen-bond donors (Lipinski definition) is 2. The van der Waals surface area contributed by atoms with Crippen molar-refractivity contribution >= 4 is 15.9 Å². The number of nitrogens with one attached hydrogen (secondary N) is 2. The smallest absolute Gasteiger partial charge is 0.273 e. The second kappa shape index (κ2) is 6.21. The van der Waals surface area contributed by atoms with Crippen molar-refractivity contribution in [3.63, 3.8) is 0 Å². The highest BCUT2D eigenvalue weighted by atomic mass is 32.2. The summed E-state index contributed by atoms with van der Waals surface area (Å²) in [6, 6.07) is 2.80. The lowest BCUT2D eigenvalue weighted by Crippen LogP contribution is -2.27. The van der Waals surface area contributed by atoms with Crippen molar-refractivity contribution in [3.8, 4) is 0 Å². The van der Waals surface area contributed by atoms with Gasteiger partial charge in [-0.15, -0.1) is 0 Å². The van der Waals surface area contributed by atoms with Gasteiger partial charge >= 0.3 is 0 Å². The minimum absolute atomic E-state index is 0.184. The van der Waals surface area contributed by atoms with Gasteiger partial charge in [-0.25, -0.2) is 13.1 Å². The molecule has 7 nitrogen and oxygen atoms in total. The predicted octanol–water partition coefficient (Wildman–Crippen LogP) is 2.20. The van der Waals surface area contributed by atoms with Crippen molar-refractivity contribution in [3.05, 3.63) is 40.5 Å². The molecular formula is C15H20N2O5S. The Hall–Kier alpha value is -2.06. The van der Waals surface area contributed by atoms with Crippen molar-refractivity contribution in [1.29, 1.82) is 0 Å². The van der Waals surface area contributed by atoms with E-state index < -0.39 is 15.9 Å². The van der Waals surface area contributed by atoms with Crippen LogP contribution in [0.3, 0.4) is 0 Å². The highest BCUT2D eigenvalue weighted by Crippen LogP contribution is 2.23. The molecule has 0 radical (unpaired) electrons. The van der Waals surface area contributed by atoms with Gasteiger partial charge in [0.15, 0.2) is 0 Å². The van der Waals surface area contributed by atoms with E-state index in [9.17, 15) is 13.2 Å². The van der Waals surface area contributed by atoms with Gasteiger partial charge in [-0.3, -0.25) is 4.79 Å². The predicted molar refractivity (Wildman–Crippen MR) is 83.8 cm³/mol. The van der Waals surface area contributed by atoms with Crippen LogP contribution in [0.5, 0.6) is 0 Å². The van der Waals surface area contributed by atoms with Crippen LogP contribution in [0.25, 0.3) is 0 Å². The maximum atomic E-state index is 12.4. The molecule has 2 rings (SSSR count). The fraction of sp³-hybridized carbons (Fsp3) is 0.400. The van der Waals surface area contributed by atoms with Gasteiger partial charge in [0.25, 0.3) is 15.9 Å². The summed E-state index contributed by atoms with van der Waals surface area (Å²) in [7, 11) is -2.45. The van der Waals surface area contributed by atoms with Crippen LogP contribution >= 0.6 is 0 Å². The zero-order chi connectivity index (χ0) is 17.4. The Balaban J connectivity index is 2.23. The average molecular weight is 340 g/mol. The number of rotatable bonds is 5. The summed E-state index contributed by atoms with van der Waals surface area (Å²) in [4.78, 5) is 12.4. The van der Waals surface area contributed by atoms with Gasteiger partial charge in [0.05, 0.1) is 11.6 Å². The largest absolute Gasteiger partial charge is 0.466 e. The third-order valence-corrected chi connectivity index (χ3v) is 4.84. The van der Waals surface area contributed by atoms with E-state index >= 15 is 0 Å². The molecule has 0 aliphatic heterocycles. The molecule has 0 aliphatic carbocycles. The monoisotopic (exact) mass is 340 g/mol. The van der Waals surface area contributed by atoms with Gasteiger partial charge in [-0.2, -0.15) is 0 Å². The van der Waals surface area contributed by atoms with E-state index in [-0.39, 0.29) is 22.5 Å². The molecule has 1 amide bonds. The van der Waals surface area contributed by atoms with Crippen LogP contribution in [0.2, 0.25) is 0 Å². The fourth-order valence-electron chi connectivity index (χ4n) is 2.35.